The highest BCUT2D eigenvalue weighted by molar-refractivity contribution is 5.95. The minimum absolute atomic E-state index is 0.0381. The van der Waals surface area contributed by atoms with Crippen molar-refractivity contribution in [3.05, 3.63) is 54.2 Å². The predicted octanol–water partition coefficient (Wildman–Crippen LogP) is -0.0865. The van der Waals surface area contributed by atoms with Gasteiger partial charge in [-0.05, 0) is 30.9 Å². The molecular weight excluding hydrogens is 534 g/mol. The van der Waals surface area contributed by atoms with Gasteiger partial charge in [-0.25, -0.2) is 9.78 Å². The van der Waals surface area contributed by atoms with Crippen LogP contribution < -0.4 is 16.4 Å². The van der Waals surface area contributed by atoms with Crippen molar-refractivity contribution in [2.24, 2.45) is 5.73 Å². The van der Waals surface area contributed by atoms with Gasteiger partial charge in [0.05, 0.1) is 12.4 Å². The van der Waals surface area contributed by atoms with Gasteiger partial charge in [0.2, 0.25) is 17.7 Å². The first-order valence-electron chi connectivity index (χ1n) is 13.3. The first-order chi connectivity index (χ1) is 19.6. The van der Waals surface area contributed by atoms with Gasteiger partial charge in [0.1, 0.15) is 18.1 Å². The predicted molar refractivity (Wildman–Crippen MR) is 145 cm³/mol. The summed E-state index contributed by atoms with van der Waals surface area (Å²) in [5.41, 5.74) is 8.15. The molecule has 41 heavy (non-hydrogen) atoms. The number of hydrogen-bond donors (Lipinski definition) is 7. The molecule has 3 aromatic rings. The number of aromatic nitrogens is 3. The number of nitrogens with one attached hydrogen (secondary N) is 4. The van der Waals surface area contributed by atoms with Crippen LogP contribution in [0.5, 0.6) is 0 Å². The average molecular weight is 568 g/mol. The minimum Gasteiger partial charge on any atom is -0.481 e. The molecule has 14 nitrogen and oxygen atoms in total. The number of aromatic amines is 2. The van der Waals surface area contributed by atoms with Crippen LogP contribution in [-0.4, -0.2) is 90.4 Å². The zero-order valence-corrected chi connectivity index (χ0v) is 22.2. The first-order valence-corrected chi connectivity index (χ1v) is 13.3. The lowest BCUT2D eigenvalue weighted by atomic mass is 10.0. The van der Waals surface area contributed by atoms with Crippen molar-refractivity contribution >= 4 is 40.6 Å². The van der Waals surface area contributed by atoms with Crippen molar-refractivity contribution in [1.82, 2.24) is 30.5 Å². The molecule has 4 unspecified atom stereocenters. The molecule has 0 radical (unpaired) electrons. The van der Waals surface area contributed by atoms with Gasteiger partial charge in [0.25, 0.3) is 0 Å². The molecular formula is C27H33N7O7. The summed E-state index contributed by atoms with van der Waals surface area (Å²) in [4.78, 5) is 74.2. The van der Waals surface area contributed by atoms with Crippen LogP contribution >= 0.6 is 0 Å². The maximum absolute atomic E-state index is 13.7. The number of benzene rings is 1. The van der Waals surface area contributed by atoms with Gasteiger partial charge in [-0.2, -0.15) is 0 Å². The van der Waals surface area contributed by atoms with E-state index in [-0.39, 0.29) is 25.8 Å². The van der Waals surface area contributed by atoms with E-state index in [0.29, 0.717) is 18.5 Å². The molecule has 8 N–H and O–H groups in total. The molecule has 14 heteroatoms. The Morgan fingerprint density at radius 2 is 1.80 bits per heavy atom. The van der Waals surface area contributed by atoms with Crippen LogP contribution in [0, 0.1) is 0 Å². The second-order valence-corrected chi connectivity index (χ2v) is 10.0. The van der Waals surface area contributed by atoms with Gasteiger partial charge in [-0.15, -0.1) is 0 Å². The van der Waals surface area contributed by atoms with Crippen molar-refractivity contribution in [2.75, 3.05) is 6.54 Å². The van der Waals surface area contributed by atoms with E-state index in [0.717, 1.165) is 16.5 Å². The van der Waals surface area contributed by atoms with Gasteiger partial charge in [0.15, 0.2) is 0 Å². The quantitative estimate of drug-likeness (QED) is 0.146. The van der Waals surface area contributed by atoms with Crippen LogP contribution in [0.15, 0.2) is 43.0 Å². The first kappa shape index (κ1) is 29.3. The number of carbonyl (C=O) groups is 5. The third kappa shape index (κ3) is 7.28. The number of hydrogen-bond acceptors (Lipinski definition) is 7. The average Bonchev–Trinajstić information content (AvgIpc) is 3.71. The number of rotatable bonds is 13. The van der Waals surface area contributed by atoms with Crippen LogP contribution in [-0.2, 0) is 36.8 Å². The van der Waals surface area contributed by atoms with E-state index in [4.69, 9.17) is 5.73 Å². The van der Waals surface area contributed by atoms with Crippen LogP contribution in [0.2, 0.25) is 0 Å². The number of imidazole rings is 1. The molecule has 3 heterocycles. The smallest absolute Gasteiger partial charge is 0.326 e. The van der Waals surface area contributed by atoms with E-state index >= 15 is 0 Å². The Morgan fingerprint density at radius 3 is 2.51 bits per heavy atom. The van der Waals surface area contributed by atoms with Gasteiger partial charge in [-0.1, -0.05) is 18.2 Å². The fraction of sp³-hybridized carbons (Fsp3) is 0.407. The SMILES string of the molecule is NC(Cc1cnc[nH]1)C(=O)NC(CCC(=O)O)C(=O)NC(Cc1c[nH]c2ccccc12)C(=O)N1CCCC1C(=O)O. The van der Waals surface area contributed by atoms with E-state index in [9.17, 15) is 34.2 Å². The molecule has 1 fully saturated rings. The molecule has 1 aliphatic heterocycles. The molecule has 4 rings (SSSR count). The fourth-order valence-electron chi connectivity index (χ4n) is 5.02. The van der Waals surface area contributed by atoms with E-state index < -0.39 is 60.2 Å². The van der Waals surface area contributed by atoms with E-state index in [1.165, 1.54) is 17.4 Å². The third-order valence-electron chi connectivity index (χ3n) is 7.15. The summed E-state index contributed by atoms with van der Waals surface area (Å²) < 4.78 is 0. The fourth-order valence-corrected chi connectivity index (χ4v) is 5.02. The molecule has 0 aliphatic carbocycles. The number of nitrogens with zero attached hydrogens (tertiary/aromatic N) is 2. The standard InChI is InChI=1S/C27H33N7O7/c28-18(11-16-13-29-14-31-16)24(37)32-20(7-8-23(35)36)25(38)33-21(26(39)34-9-3-6-22(34)27(40)41)10-15-12-30-19-5-2-1-4-17(15)19/h1-2,4-5,12-14,18,20-22,30H,3,6-11,28H2,(H,29,31)(H,32,37)(H,33,38)(H,35,36)(H,40,41). The highest BCUT2D eigenvalue weighted by Gasteiger charge is 2.38. The summed E-state index contributed by atoms with van der Waals surface area (Å²) >= 11 is 0. The number of amides is 3. The van der Waals surface area contributed by atoms with Gasteiger partial charge >= 0.3 is 11.9 Å². The van der Waals surface area contributed by atoms with E-state index in [1.807, 2.05) is 24.3 Å². The second-order valence-electron chi connectivity index (χ2n) is 10.0. The largest absolute Gasteiger partial charge is 0.481 e. The molecule has 1 aliphatic rings. The number of carboxylic acid groups (broad SMARTS) is 2. The monoisotopic (exact) mass is 567 g/mol. The summed E-state index contributed by atoms with van der Waals surface area (Å²) in [7, 11) is 0. The summed E-state index contributed by atoms with van der Waals surface area (Å²) in [6.45, 7) is 0.220. The maximum atomic E-state index is 13.7. The Morgan fingerprint density at radius 1 is 1.05 bits per heavy atom. The summed E-state index contributed by atoms with van der Waals surface area (Å²) in [6, 6.07) is 2.84. The molecule has 2 aromatic heterocycles. The van der Waals surface area contributed by atoms with Crippen molar-refractivity contribution in [1.29, 1.82) is 0 Å². The molecule has 4 atom stereocenters. The Bertz CT molecular complexity index is 1400. The van der Waals surface area contributed by atoms with Gasteiger partial charge < -0.3 is 41.4 Å². The van der Waals surface area contributed by atoms with Gasteiger partial charge in [0, 0.05) is 54.8 Å². The van der Waals surface area contributed by atoms with Crippen LogP contribution in [0.25, 0.3) is 10.9 Å². The third-order valence-corrected chi connectivity index (χ3v) is 7.15. The maximum Gasteiger partial charge on any atom is 0.326 e. The summed E-state index contributed by atoms with van der Waals surface area (Å²) in [6.07, 6.45) is 4.91. The molecule has 0 saturated carbocycles. The highest BCUT2D eigenvalue weighted by atomic mass is 16.4. The molecule has 1 aromatic carbocycles. The number of fused-ring (bicyclic) bond motifs is 1. The Kier molecular flexibility index (Phi) is 9.34. The molecule has 0 spiro atoms. The van der Waals surface area contributed by atoms with Crippen molar-refractivity contribution < 1.29 is 34.2 Å². The van der Waals surface area contributed by atoms with Crippen LogP contribution in [0.4, 0.5) is 0 Å². The Hall–Kier alpha value is -4.72. The Balaban J connectivity index is 1.56. The normalized spacial score (nSPS) is 17.1. The van der Waals surface area contributed by atoms with E-state index in [2.05, 4.69) is 25.6 Å². The lowest BCUT2D eigenvalue weighted by Gasteiger charge is -2.29. The number of nitrogens with two attached hydrogens (primary N) is 1. The molecule has 3 amide bonds. The zero-order chi connectivity index (χ0) is 29.5. The number of carboxylic acids is 2. The number of H-pyrrole nitrogens is 2. The van der Waals surface area contributed by atoms with E-state index in [1.54, 1.807) is 6.20 Å². The molecule has 1 saturated heterocycles. The Labute approximate surface area is 234 Å². The van der Waals surface area contributed by atoms with Gasteiger partial charge in [-0.3, -0.25) is 19.2 Å². The lowest BCUT2D eigenvalue weighted by Crippen LogP contribution is -2.57. The van der Waals surface area contributed by atoms with Crippen LogP contribution in [0.3, 0.4) is 0 Å². The van der Waals surface area contributed by atoms with Crippen molar-refractivity contribution in [3.63, 3.8) is 0 Å². The lowest BCUT2D eigenvalue weighted by molar-refractivity contribution is -0.149. The molecule has 0 bridgehead atoms. The minimum atomic E-state index is -1.31. The number of aliphatic carboxylic acids is 2. The second kappa shape index (κ2) is 13.1. The summed E-state index contributed by atoms with van der Waals surface area (Å²) in [5.74, 6) is -4.35. The topological polar surface area (TPSA) is 224 Å². The zero-order valence-electron chi connectivity index (χ0n) is 22.2. The van der Waals surface area contributed by atoms with Crippen LogP contribution in [0.1, 0.15) is 36.9 Å². The summed E-state index contributed by atoms with van der Waals surface area (Å²) in [5, 5.41) is 24.9. The highest BCUT2D eigenvalue weighted by Crippen LogP contribution is 2.23. The number of likely N-dealkylation sites (tertiary alicyclic amines) is 1. The van der Waals surface area contributed by atoms with Crippen molar-refractivity contribution in [3.8, 4) is 0 Å². The van der Waals surface area contributed by atoms with Crippen molar-refractivity contribution in [2.45, 2.75) is 62.7 Å². The number of carbonyl (C=O) groups excluding carboxylic acids is 3. The molecule has 218 valence electrons. The number of para-hydroxylation sites is 1.